The highest BCUT2D eigenvalue weighted by atomic mass is 35.5. The van der Waals surface area contributed by atoms with Crippen LogP contribution in [-0.4, -0.2) is 9.97 Å². The maximum Gasteiger partial charge on any atom is 0.148 e. The smallest absolute Gasteiger partial charge is 0.148 e. The van der Waals surface area contributed by atoms with E-state index < -0.39 is 0 Å². The van der Waals surface area contributed by atoms with Crippen molar-refractivity contribution in [2.24, 2.45) is 0 Å². The van der Waals surface area contributed by atoms with Gasteiger partial charge in [0.05, 0.1) is 11.1 Å². The molecule has 1 atom stereocenters. The highest BCUT2D eigenvalue weighted by Gasteiger charge is 2.09. The van der Waals surface area contributed by atoms with Crippen LogP contribution in [0.25, 0.3) is 11.3 Å². The third-order valence-electron chi connectivity index (χ3n) is 2.14. The van der Waals surface area contributed by atoms with Crippen LogP contribution in [0, 0.1) is 0 Å². The van der Waals surface area contributed by atoms with Gasteiger partial charge in [0.1, 0.15) is 11.0 Å². The second kappa shape index (κ2) is 4.81. The van der Waals surface area contributed by atoms with Crippen LogP contribution in [0.2, 0.25) is 5.15 Å². The lowest BCUT2D eigenvalue weighted by molar-refractivity contribution is 0.913. The molecule has 0 aliphatic carbocycles. The second-order valence-electron chi connectivity index (χ2n) is 3.42. The van der Waals surface area contributed by atoms with E-state index >= 15 is 0 Å². The molecule has 0 N–H and O–H groups in total. The average Bonchev–Trinajstić information content (AvgIpc) is 2.29. The van der Waals surface area contributed by atoms with Crippen LogP contribution in [0.1, 0.15) is 18.1 Å². The van der Waals surface area contributed by atoms with Crippen molar-refractivity contribution in [1.82, 2.24) is 9.97 Å². The Morgan fingerprint density at radius 1 is 1.12 bits per heavy atom. The molecule has 0 saturated carbocycles. The van der Waals surface area contributed by atoms with Crippen LogP contribution in [0.4, 0.5) is 0 Å². The van der Waals surface area contributed by atoms with E-state index in [0.717, 1.165) is 11.3 Å². The Balaban J connectivity index is 2.50. The van der Waals surface area contributed by atoms with E-state index in [1.807, 2.05) is 37.3 Å². The third-order valence-corrected chi connectivity index (χ3v) is 2.53. The fraction of sp³-hybridized carbons (Fsp3) is 0.167. The predicted octanol–water partition coefficient (Wildman–Crippen LogP) is 4.10. The maximum atomic E-state index is 5.95. The van der Waals surface area contributed by atoms with Gasteiger partial charge in [-0.15, -0.1) is 11.6 Å². The largest absolute Gasteiger partial charge is 0.231 e. The minimum Gasteiger partial charge on any atom is -0.231 e. The van der Waals surface area contributed by atoms with Crippen molar-refractivity contribution in [1.29, 1.82) is 0 Å². The van der Waals surface area contributed by atoms with E-state index in [0.29, 0.717) is 11.0 Å². The molecule has 1 aromatic heterocycles. The molecule has 0 radical (unpaired) electrons. The van der Waals surface area contributed by atoms with Crippen molar-refractivity contribution in [2.75, 3.05) is 0 Å². The van der Waals surface area contributed by atoms with Crippen LogP contribution in [-0.2, 0) is 0 Å². The minimum absolute atomic E-state index is 0.249. The van der Waals surface area contributed by atoms with E-state index in [9.17, 15) is 0 Å². The van der Waals surface area contributed by atoms with Crippen molar-refractivity contribution in [3.63, 3.8) is 0 Å². The van der Waals surface area contributed by atoms with Gasteiger partial charge in [-0.2, -0.15) is 0 Å². The van der Waals surface area contributed by atoms with Gasteiger partial charge in [0, 0.05) is 11.6 Å². The Kier molecular flexibility index (Phi) is 3.42. The number of benzene rings is 1. The van der Waals surface area contributed by atoms with Crippen molar-refractivity contribution < 1.29 is 0 Å². The molecule has 82 valence electrons. The molecule has 2 aromatic rings. The van der Waals surface area contributed by atoms with E-state index in [1.165, 1.54) is 0 Å². The number of halogens is 2. The van der Waals surface area contributed by atoms with E-state index in [-0.39, 0.29) is 5.38 Å². The summed E-state index contributed by atoms with van der Waals surface area (Å²) >= 11 is 11.9. The molecular weight excluding hydrogens is 243 g/mol. The van der Waals surface area contributed by atoms with E-state index in [1.54, 1.807) is 6.07 Å². The average molecular weight is 253 g/mol. The SMILES string of the molecule is C[C@@H](Cl)c1nc(Cl)cc(-c2ccccc2)n1. The maximum absolute atomic E-state index is 5.95. The molecule has 2 rings (SSSR count). The molecule has 0 spiro atoms. The first-order valence-corrected chi connectivity index (χ1v) is 5.72. The van der Waals surface area contributed by atoms with Crippen LogP contribution in [0.15, 0.2) is 36.4 Å². The summed E-state index contributed by atoms with van der Waals surface area (Å²) in [4.78, 5) is 8.46. The minimum atomic E-state index is -0.249. The van der Waals surface area contributed by atoms with Gasteiger partial charge in [0.25, 0.3) is 0 Å². The lowest BCUT2D eigenvalue weighted by atomic mass is 10.1. The molecule has 0 bridgehead atoms. The van der Waals surface area contributed by atoms with Gasteiger partial charge in [-0.1, -0.05) is 41.9 Å². The van der Waals surface area contributed by atoms with Gasteiger partial charge in [-0.25, -0.2) is 9.97 Å². The molecule has 2 nitrogen and oxygen atoms in total. The second-order valence-corrected chi connectivity index (χ2v) is 4.46. The van der Waals surface area contributed by atoms with Crippen molar-refractivity contribution in [3.05, 3.63) is 47.4 Å². The lowest BCUT2D eigenvalue weighted by Crippen LogP contribution is -1.97. The fourth-order valence-corrected chi connectivity index (χ4v) is 1.66. The first-order chi connectivity index (χ1) is 7.66. The topological polar surface area (TPSA) is 25.8 Å². The van der Waals surface area contributed by atoms with E-state index in [4.69, 9.17) is 23.2 Å². The normalized spacial score (nSPS) is 12.4. The number of nitrogens with zero attached hydrogens (tertiary/aromatic N) is 2. The number of aromatic nitrogens is 2. The number of rotatable bonds is 2. The fourth-order valence-electron chi connectivity index (χ4n) is 1.37. The zero-order valence-corrected chi connectivity index (χ0v) is 10.2. The molecule has 0 saturated heterocycles. The van der Waals surface area contributed by atoms with Gasteiger partial charge in [0.15, 0.2) is 0 Å². The summed E-state index contributed by atoms with van der Waals surface area (Å²) in [5, 5.41) is 0.164. The van der Waals surface area contributed by atoms with Gasteiger partial charge in [-0.3, -0.25) is 0 Å². The zero-order chi connectivity index (χ0) is 11.5. The van der Waals surface area contributed by atoms with Gasteiger partial charge < -0.3 is 0 Å². The standard InChI is InChI=1S/C12H10Cl2N2/c1-8(13)12-15-10(7-11(14)16-12)9-5-3-2-4-6-9/h2-8H,1H3/t8-/m1/s1. The first kappa shape index (κ1) is 11.4. The van der Waals surface area contributed by atoms with Crippen LogP contribution >= 0.6 is 23.2 Å². The van der Waals surface area contributed by atoms with Crippen molar-refractivity contribution in [2.45, 2.75) is 12.3 Å². The van der Waals surface area contributed by atoms with E-state index in [2.05, 4.69) is 9.97 Å². The van der Waals surface area contributed by atoms with Gasteiger partial charge in [0.2, 0.25) is 0 Å². The van der Waals surface area contributed by atoms with Crippen LogP contribution in [0.5, 0.6) is 0 Å². The van der Waals surface area contributed by atoms with Crippen molar-refractivity contribution in [3.8, 4) is 11.3 Å². The number of hydrogen-bond donors (Lipinski definition) is 0. The molecule has 0 aliphatic heterocycles. The predicted molar refractivity (Wildman–Crippen MR) is 66.7 cm³/mol. The summed E-state index contributed by atoms with van der Waals surface area (Å²) in [6.45, 7) is 1.82. The molecule has 0 amide bonds. The van der Waals surface area contributed by atoms with Crippen LogP contribution < -0.4 is 0 Å². The van der Waals surface area contributed by atoms with Gasteiger partial charge in [-0.05, 0) is 6.92 Å². The molecule has 1 aromatic carbocycles. The summed E-state index contributed by atoms with van der Waals surface area (Å²) < 4.78 is 0. The molecular formula is C12H10Cl2N2. The zero-order valence-electron chi connectivity index (χ0n) is 8.69. The quantitative estimate of drug-likeness (QED) is 0.594. The lowest BCUT2D eigenvalue weighted by Gasteiger charge is -2.06. The number of alkyl halides is 1. The summed E-state index contributed by atoms with van der Waals surface area (Å²) in [6.07, 6.45) is 0. The highest BCUT2D eigenvalue weighted by molar-refractivity contribution is 6.29. The molecule has 1 heterocycles. The van der Waals surface area contributed by atoms with Crippen LogP contribution in [0.3, 0.4) is 0 Å². The molecule has 4 heteroatoms. The molecule has 16 heavy (non-hydrogen) atoms. The summed E-state index contributed by atoms with van der Waals surface area (Å²) in [6, 6.07) is 11.5. The van der Waals surface area contributed by atoms with Crippen molar-refractivity contribution >= 4 is 23.2 Å². The third kappa shape index (κ3) is 2.52. The Hall–Kier alpha value is -1.12. The molecule has 0 aliphatic rings. The summed E-state index contributed by atoms with van der Waals surface area (Å²) in [7, 11) is 0. The molecule has 0 fully saturated rings. The summed E-state index contributed by atoms with van der Waals surface area (Å²) in [5.74, 6) is 0.549. The molecule has 0 unspecified atom stereocenters. The Morgan fingerprint density at radius 2 is 1.81 bits per heavy atom. The Bertz CT molecular complexity index is 484. The number of hydrogen-bond acceptors (Lipinski definition) is 2. The Labute approximate surface area is 104 Å². The first-order valence-electron chi connectivity index (χ1n) is 4.91. The monoisotopic (exact) mass is 252 g/mol. The Morgan fingerprint density at radius 3 is 2.44 bits per heavy atom. The summed E-state index contributed by atoms with van der Waals surface area (Å²) in [5.41, 5.74) is 1.80. The highest BCUT2D eigenvalue weighted by Crippen LogP contribution is 2.23. The van der Waals surface area contributed by atoms with Gasteiger partial charge >= 0.3 is 0 Å².